The number of benzene rings is 2. The van der Waals surface area contributed by atoms with Gasteiger partial charge in [-0.05, 0) is 58.4 Å². The van der Waals surface area contributed by atoms with Crippen LogP contribution in [-0.2, 0) is 20.0 Å². The molecule has 0 saturated carbocycles. The van der Waals surface area contributed by atoms with Crippen LogP contribution in [0.15, 0.2) is 61.2 Å². The van der Waals surface area contributed by atoms with Crippen molar-refractivity contribution in [1.29, 1.82) is 0 Å². The van der Waals surface area contributed by atoms with Gasteiger partial charge in [-0.15, -0.1) is 0 Å². The molecule has 0 radical (unpaired) electrons. The number of hydrogen-bond acceptors (Lipinski definition) is 4. The minimum absolute atomic E-state index is 0.0757. The molecule has 26 heavy (non-hydrogen) atoms. The van der Waals surface area contributed by atoms with Gasteiger partial charge in [-0.25, -0.2) is 16.8 Å². The van der Waals surface area contributed by atoms with E-state index in [0.717, 1.165) is 0 Å². The molecule has 0 unspecified atom stereocenters. The SMILES string of the molecule is CCN(CC)S(=O)(=O)c1ccc(NS(=O)(=O)c2cc(Br)ccc2Br)cc1. The van der Waals surface area contributed by atoms with E-state index in [0.29, 0.717) is 22.0 Å². The lowest BCUT2D eigenvalue weighted by atomic mass is 10.3. The molecule has 6 nitrogen and oxygen atoms in total. The Hall–Kier alpha value is -0.940. The van der Waals surface area contributed by atoms with Crippen LogP contribution < -0.4 is 4.72 Å². The topological polar surface area (TPSA) is 83.6 Å². The van der Waals surface area contributed by atoms with Gasteiger partial charge >= 0.3 is 0 Å². The Morgan fingerprint density at radius 1 is 0.923 bits per heavy atom. The number of sulfonamides is 2. The van der Waals surface area contributed by atoms with Crippen LogP contribution in [0.5, 0.6) is 0 Å². The largest absolute Gasteiger partial charge is 0.280 e. The van der Waals surface area contributed by atoms with Crippen LogP contribution in [0.2, 0.25) is 0 Å². The molecule has 2 rings (SSSR count). The Bertz CT molecular complexity index is 987. The number of rotatable bonds is 7. The Kier molecular flexibility index (Phi) is 6.89. The summed E-state index contributed by atoms with van der Waals surface area (Å²) in [5.41, 5.74) is 0.273. The van der Waals surface area contributed by atoms with Gasteiger partial charge in [0.2, 0.25) is 10.0 Å². The summed E-state index contributed by atoms with van der Waals surface area (Å²) in [5.74, 6) is 0. The van der Waals surface area contributed by atoms with E-state index in [4.69, 9.17) is 0 Å². The van der Waals surface area contributed by atoms with E-state index in [9.17, 15) is 16.8 Å². The predicted molar refractivity (Wildman–Crippen MR) is 109 cm³/mol. The van der Waals surface area contributed by atoms with Crippen molar-refractivity contribution in [1.82, 2.24) is 4.31 Å². The average Bonchev–Trinajstić information content (AvgIpc) is 2.58. The van der Waals surface area contributed by atoms with Crippen molar-refractivity contribution in [2.75, 3.05) is 17.8 Å². The maximum atomic E-state index is 12.6. The zero-order chi connectivity index (χ0) is 19.5. The van der Waals surface area contributed by atoms with Gasteiger partial charge in [0.25, 0.3) is 10.0 Å². The van der Waals surface area contributed by atoms with Crippen molar-refractivity contribution in [3.63, 3.8) is 0 Å². The quantitative estimate of drug-likeness (QED) is 0.591. The number of hydrogen-bond donors (Lipinski definition) is 1. The average molecular weight is 526 g/mol. The predicted octanol–water partition coefficient (Wildman–Crippen LogP) is 4.04. The first-order chi connectivity index (χ1) is 12.1. The normalized spacial score (nSPS) is 12.3. The summed E-state index contributed by atoms with van der Waals surface area (Å²) < 4.78 is 54.9. The van der Waals surface area contributed by atoms with Gasteiger partial charge in [0.1, 0.15) is 4.90 Å². The Morgan fingerprint density at radius 3 is 2.04 bits per heavy atom. The van der Waals surface area contributed by atoms with Crippen molar-refractivity contribution in [2.24, 2.45) is 0 Å². The molecule has 0 amide bonds. The second kappa shape index (κ2) is 8.39. The minimum Gasteiger partial charge on any atom is -0.280 e. The van der Waals surface area contributed by atoms with Crippen LogP contribution in [0, 0.1) is 0 Å². The lowest BCUT2D eigenvalue weighted by Crippen LogP contribution is -2.30. The highest BCUT2D eigenvalue weighted by Crippen LogP contribution is 2.28. The first-order valence-corrected chi connectivity index (χ1v) is 12.2. The molecule has 142 valence electrons. The number of nitrogens with one attached hydrogen (secondary N) is 1. The third-order valence-corrected chi connectivity index (χ3v) is 8.57. The molecule has 0 saturated heterocycles. The zero-order valence-corrected chi connectivity index (χ0v) is 18.9. The van der Waals surface area contributed by atoms with Crippen LogP contribution in [0.4, 0.5) is 5.69 Å². The lowest BCUT2D eigenvalue weighted by Gasteiger charge is -2.18. The van der Waals surface area contributed by atoms with Crippen LogP contribution in [-0.4, -0.2) is 34.2 Å². The van der Waals surface area contributed by atoms with Gasteiger partial charge in [0.05, 0.1) is 4.90 Å². The van der Waals surface area contributed by atoms with Crippen LogP contribution in [0.25, 0.3) is 0 Å². The molecule has 0 spiro atoms. The Labute approximate surface area is 171 Å². The van der Waals surface area contributed by atoms with Crippen molar-refractivity contribution >= 4 is 57.6 Å². The fourth-order valence-electron chi connectivity index (χ4n) is 2.30. The molecule has 0 aromatic heterocycles. The molecule has 1 N–H and O–H groups in total. The fraction of sp³-hybridized carbons (Fsp3) is 0.250. The first kappa shape index (κ1) is 21.4. The van der Waals surface area contributed by atoms with E-state index in [1.54, 1.807) is 26.0 Å². The molecule has 0 fully saturated rings. The summed E-state index contributed by atoms with van der Waals surface area (Å²) in [6.45, 7) is 4.26. The second-order valence-electron chi connectivity index (χ2n) is 5.29. The molecule has 0 atom stereocenters. The van der Waals surface area contributed by atoms with Gasteiger partial charge in [-0.2, -0.15) is 4.31 Å². The second-order valence-corrected chi connectivity index (χ2v) is 10.7. The lowest BCUT2D eigenvalue weighted by molar-refractivity contribution is 0.445. The molecular formula is C16H18Br2N2O4S2. The van der Waals surface area contributed by atoms with Crippen molar-refractivity contribution < 1.29 is 16.8 Å². The smallest absolute Gasteiger partial charge is 0.263 e. The molecule has 0 heterocycles. The molecule has 2 aromatic carbocycles. The zero-order valence-electron chi connectivity index (χ0n) is 14.1. The maximum Gasteiger partial charge on any atom is 0.263 e. The van der Waals surface area contributed by atoms with E-state index in [1.165, 1.54) is 34.6 Å². The summed E-state index contributed by atoms with van der Waals surface area (Å²) in [7, 11) is -7.41. The standard InChI is InChI=1S/C16H18Br2N2O4S2/c1-3-20(4-2)26(23,24)14-8-6-13(7-9-14)19-25(21,22)16-11-12(17)5-10-15(16)18/h5-11,19H,3-4H2,1-2H3. The van der Waals surface area contributed by atoms with E-state index in [-0.39, 0.29) is 15.5 Å². The number of halogens is 2. The molecule has 0 aliphatic carbocycles. The van der Waals surface area contributed by atoms with Gasteiger partial charge in [-0.1, -0.05) is 29.8 Å². The summed E-state index contributed by atoms with van der Waals surface area (Å²) in [4.78, 5) is 0.194. The highest BCUT2D eigenvalue weighted by atomic mass is 79.9. The number of anilines is 1. The summed E-state index contributed by atoms with van der Waals surface area (Å²) in [6.07, 6.45) is 0. The minimum atomic E-state index is -3.83. The third-order valence-electron chi connectivity index (χ3n) is 3.63. The van der Waals surface area contributed by atoms with Crippen molar-refractivity contribution in [3.8, 4) is 0 Å². The summed E-state index contributed by atoms with van der Waals surface area (Å²) >= 11 is 6.47. The highest BCUT2D eigenvalue weighted by molar-refractivity contribution is 9.11. The maximum absolute atomic E-state index is 12.6. The van der Waals surface area contributed by atoms with Gasteiger partial charge < -0.3 is 0 Å². The van der Waals surface area contributed by atoms with Gasteiger partial charge in [0, 0.05) is 27.7 Å². The van der Waals surface area contributed by atoms with Crippen LogP contribution in [0.3, 0.4) is 0 Å². The van der Waals surface area contributed by atoms with Gasteiger partial charge in [0.15, 0.2) is 0 Å². The van der Waals surface area contributed by atoms with E-state index < -0.39 is 20.0 Å². The fourth-order valence-corrected chi connectivity index (χ4v) is 6.32. The molecule has 0 bridgehead atoms. The van der Waals surface area contributed by atoms with Crippen LogP contribution in [0.1, 0.15) is 13.8 Å². The first-order valence-electron chi connectivity index (χ1n) is 7.70. The molecule has 10 heteroatoms. The van der Waals surface area contributed by atoms with E-state index >= 15 is 0 Å². The summed E-state index contributed by atoms with van der Waals surface area (Å²) in [5, 5.41) is 0. The van der Waals surface area contributed by atoms with E-state index in [2.05, 4.69) is 36.6 Å². The Balaban J connectivity index is 2.31. The van der Waals surface area contributed by atoms with E-state index in [1.807, 2.05) is 0 Å². The molecule has 2 aromatic rings. The third kappa shape index (κ3) is 4.66. The molecule has 0 aliphatic rings. The highest BCUT2D eigenvalue weighted by Gasteiger charge is 2.22. The van der Waals surface area contributed by atoms with Gasteiger partial charge in [-0.3, -0.25) is 4.72 Å². The Morgan fingerprint density at radius 2 is 1.50 bits per heavy atom. The molecule has 0 aliphatic heterocycles. The van der Waals surface area contributed by atoms with Crippen LogP contribution >= 0.6 is 31.9 Å². The molecular weight excluding hydrogens is 508 g/mol. The monoisotopic (exact) mass is 524 g/mol. The summed E-state index contributed by atoms with van der Waals surface area (Å²) in [6, 6.07) is 10.5. The van der Waals surface area contributed by atoms with Crippen molar-refractivity contribution in [2.45, 2.75) is 23.6 Å². The number of nitrogens with zero attached hydrogens (tertiary/aromatic N) is 1. The van der Waals surface area contributed by atoms with Crippen molar-refractivity contribution in [3.05, 3.63) is 51.4 Å².